The van der Waals surface area contributed by atoms with E-state index in [4.69, 9.17) is 9.47 Å². The van der Waals surface area contributed by atoms with Crippen molar-refractivity contribution in [1.29, 1.82) is 0 Å². The Bertz CT molecular complexity index is 1090. The molecule has 0 unspecified atom stereocenters. The van der Waals surface area contributed by atoms with Crippen LogP contribution in [0.25, 0.3) is 5.65 Å². The number of aromatic nitrogens is 3. The maximum absolute atomic E-state index is 14.7. The first-order chi connectivity index (χ1) is 14.3. The summed E-state index contributed by atoms with van der Waals surface area (Å²) in [5.41, 5.74) is 3.57. The monoisotopic (exact) mass is 395 g/mol. The molecule has 1 saturated heterocycles. The number of nitrogens with one attached hydrogen (secondary N) is 2. The fourth-order valence-corrected chi connectivity index (χ4v) is 4.84. The number of nitrogens with zero attached hydrogens (tertiary/aromatic N) is 3. The second kappa shape index (κ2) is 6.59. The molecule has 3 aliphatic rings. The van der Waals surface area contributed by atoms with Gasteiger partial charge in [0.15, 0.2) is 17.2 Å². The maximum atomic E-state index is 14.7. The van der Waals surface area contributed by atoms with E-state index in [9.17, 15) is 4.39 Å². The number of hydrogen-bond donors (Lipinski definition) is 2. The number of rotatable bonds is 1. The largest absolute Gasteiger partial charge is 0.493 e. The van der Waals surface area contributed by atoms with E-state index in [0.29, 0.717) is 31.2 Å². The first-order valence-corrected chi connectivity index (χ1v) is 10.2. The summed E-state index contributed by atoms with van der Waals surface area (Å²) in [7, 11) is 0. The third kappa shape index (κ3) is 2.66. The van der Waals surface area contributed by atoms with Gasteiger partial charge in [0.2, 0.25) is 0 Å². The lowest BCUT2D eigenvalue weighted by Gasteiger charge is -2.25. The highest BCUT2D eigenvalue weighted by molar-refractivity contribution is 5.65. The zero-order chi connectivity index (χ0) is 19.4. The predicted octanol–water partition coefficient (Wildman–Crippen LogP) is 2.82. The molecule has 0 amide bonds. The molecule has 1 fully saturated rings. The molecule has 2 aromatic heterocycles. The van der Waals surface area contributed by atoms with Crippen molar-refractivity contribution in [2.24, 2.45) is 0 Å². The van der Waals surface area contributed by atoms with Crippen molar-refractivity contribution < 1.29 is 13.9 Å². The summed E-state index contributed by atoms with van der Waals surface area (Å²) in [5.74, 6) is 2.49. The fraction of sp³-hybridized carbons (Fsp3) is 0.429. The van der Waals surface area contributed by atoms with E-state index in [1.54, 1.807) is 12.4 Å². The fourth-order valence-electron chi connectivity index (χ4n) is 4.84. The molecule has 0 bridgehead atoms. The van der Waals surface area contributed by atoms with Crippen LogP contribution in [0.3, 0.4) is 0 Å². The summed E-state index contributed by atoms with van der Waals surface area (Å²) < 4.78 is 28.7. The number of piperidine rings is 1. The van der Waals surface area contributed by atoms with Crippen LogP contribution in [0.15, 0.2) is 24.5 Å². The molecule has 3 aliphatic heterocycles. The molecule has 29 heavy (non-hydrogen) atoms. The van der Waals surface area contributed by atoms with Gasteiger partial charge in [-0.15, -0.1) is 10.2 Å². The van der Waals surface area contributed by atoms with E-state index in [2.05, 4.69) is 26.9 Å². The highest BCUT2D eigenvalue weighted by atomic mass is 19.1. The van der Waals surface area contributed by atoms with Crippen LogP contribution in [-0.2, 0) is 6.54 Å². The van der Waals surface area contributed by atoms with Gasteiger partial charge in [-0.3, -0.25) is 4.40 Å². The highest BCUT2D eigenvalue weighted by Gasteiger charge is 2.32. The van der Waals surface area contributed by atoms with Crippen molar-refractivity contribution in [3.63, 3.8) is 0 Å². The average molecular weight is 395 g/mol. The minimum absolute atomic E-state index is 0.0161. The molecular weight excluding hydrogens is 373 g/mol. The molecule has 1 aromatic carbocycles. The second-order valence-electron chi connectivity index (χ2n) is 7.97. The summed E-state index contributed by atoms with van der Waals surface area (Å²) in [6.45, 7) is 3.30. The Balaban J connectivity index is 1.47. The van der Waals surface area contributed by atoms with E-state index >= 15 is 0 Å². The van der Waals surface area contributed by atoms with Crippen molar-refractivity contribution in [2.75, 3.05) is 31.6 Å². The summed E-state index contributed by atoms with van der Waals surface area (Å²) in [4.78, 5) is 0. The number of anilines is 1. The quantitative estimate of drug-likeness (QED) is 0.660. The molecule has 150 valence electrons. The molecule has 0 radical (unpaired) electrons. The molecular formula is C21H22FN5O2. The van der Waals surface area contributed by atoms with Crippen molar-refractivity contribution in [3.05, 3.63) is 47.0 Å². The number of pyridine rings is 1. The Morgan fingerprint density at radius 1 is 1.07 bits per heavy atom. The van der Waals surface area contributed by atoms with Crippen LogP contribution in [0.2, 0.25) is 0 Å². The number of ether oxygens (including phenoxy) is 2. The van der Waals surface area contributed by atoms with E-state index in [1.807, 2.05) is 4.40 Å². The van der Waals surface area contributed by atoms with Gasteiger partial charge >= 0.3 is 0 Å². The van der Waals surface area contributed by atoms with Crippen LogP contribution in [0, 0.1) is 5.82 Å². The normalized spacial score (nSPS) is 21.2. The van der Waals surface area contributed by atoms with Crippen molar-refractivity contribution >= 4 is 11.5 Å². The Hall–Kier alpha value is -2.87. The van der Waals surface area contributed by atoms with Gasteiger partial charge in [-0.2, -0.15) is 0 Å². The van der Waals surface area contributed by atoms with E-state index in [1.165, 1.54) is 6.07 Å². The van der Waals surface area contributed by atoms with Crippen molar-refractivity contribution in [3.8, 4) is 11.5 Å². The first-order valence-electron chi connectivity index (χ1n) is 10.2. The molecule has 0 aliphatic carbocycles. The molecule has 7 nitrogen and oxygen atoms in total. The van der Waals surface area contributed by atoms with Crippen molar-refractivity contribution in [1.82, 2.24) is 19.9 Å². The van der Waals surface area contributed by atoms with Crippen molar-refractivity contribution in [2.45, 2.75) is 31.2 Å². The van der Waals surface area contributed by atoms with Gasteiger partial charge in [-0.25, -0.2) is 4.39 Å². The average Bonchev–Trinajstić information content (AvgIpc) is 3.40. The molecule has 0 spiro atoms. The zero-order valence-corrected chi connectivity index (χ0v) is 15.9. The standard InChI is InChI=1S/C21H22FN5O2/c22-16-1-2-17-19-13(9-28-17)10-29-18-7-14(12-3-5-23-6-4-12)20-26-25-11-27(20)21(18)24-8-15(16)19/h1-2,7,11-13,23-24H,3-6,8-10H2/t13-/m1/s1. The molecule has 6 rings (SSSR count). The Morgan fingerprint density at radius 2 is 1.90 bits per heavy atom. The van der Waals surface area contributed by atoms with Gasteiger partial charge in [0.1, 0.15) is 17.9 Å². The molecule has 3 aromatic rings. The van der Waals surface area contributed by atoms with E-state index in [0.717, 1.165) is 60.0 Å². The molecule has 5 heterocycles. The number of hydrogen-bond acceptors (Lipinski definition) is 6. The smallest absolute Gasteiger partial charge is 0.165 e. The third-order valence-electron chi connectivity index (χ3n) is 6.33. The number of benzene rings is 1. The van der Waals surface area contributed by atoms with E-state index < -0.39 is 0 Å². The predicted molar refractivity (Wildman–Crippen MR) is 105 cm³/mol. The highest BCUT2D eigenvalue weighted by Crippen LogP contribution is 2.42. The Kier molecular flexibility index (Phi) is 3.87. The lowest BCUT2D eigenvalue weighted by molar-refractivity contribution is 0.248. The molecule has 8 heteroatoms. The lowest BCUT2D eigenvalue weighted by atomic mass is 9.90. The Morgan fingerprint density at radius 3 is 2.76 bits per heavy atom. The van der Waals surface area contributed by atoms with Crippen LogP contribution in [0.1, 0.15) is 41.4 Å². The number of halogens is 1. The topological polar surface area (TPSA) is 72.7 Å². The third-order valence-corrected chi connectivity index (χ3v) is 6.33. The van der Waals surface area contributed by atoms with Crippen LogP contribution < -0.4 is 20.1 Å². The van der Waals surface area contributed by atoms with Gasteiger partial charge in [-0.1, -0.05) is 0 Å². The maximum Gasteiger partial charge on any atom is 0.165 e. The molecule has 0 saturated carbocycles. The molecule has 2 N–H and O–H groups in total. The van der Waals surface area contributed by atoms with Gasteiger partial charge < -0.3 is 20.1 Å². The summed E-state index contributed by atoms with van der Waals surface area (Å²) in [6, 6.07) is 5.30. The SMILES string of the molecule is Fc1ccc2c3c1CNc1c(cc(C4CCNCC4)c4nncn14)OC[C@H]3CO2. The Labute approximate surface area is 167 Å². The van der Waals surface area contributed by atoms with Gasteiger partial charge in [-0.05, 0) is 50.0 Å². The summed E-state index contributed by atoms with van der Waals surface area (Å²) in [6.07, 6.45) is 3.82. The summed E-state index contributed by atoms with van der Waals surface area (Å²) in [5, 5.41) is 15.3. The van der Waals surface area contributed by atoms with E-state index in [-0.39, 0.29) is 11.7 Å². The van der Waals surface area contributed by atoms with Gasteiger partial charge in [0.05, 0.1) is 19.1 Å². The lowest BCUT2D eigenvalue weighted by Crippen LogP contribution is -2.27. The van der Waals surface area contributed by atoms with Gasteiger partial charge in [0, 0.05) is 23.2 Å². The van der Waals surface area contributed by atoms with Crippen LogP contribution in [0.5, 0.6) is 11.5 Å². The van der Waals surface area contributed by atoms with Crippen LogP contribution in [0.4, 0.5) is 10.2 Å². The van der Waals surface area contributed by atoms with Crippen LogP contribution >= 0.6 is 0 Å². The zero-order valence-electron chi connectivity index (χ0n) is 15.9. The molecule has 1 atom stereocenters. The van der Waals surface area contributed by atoms with Gasteiger partial charge in [0.25, 0.3) is 0 Å². The van der Waals surface area contributed by atoms with Crippen LogP contribution in [-0.4, -0.2) is 40.9 Å². The first kappa shape index (κ1) is 17.0. The number of fused-ring (bicyclic) bond motifs is 3. The minimum atomic E-state index is -0.221. The summed E-state index contributed by atoms with van der Waals surface area (Å²) >= 11 is 0. The minimum Gasteiger partial charge on any atom is -0.493 e. The second-order valence-corrected chi connectivity index (χ2v) is 7.97.